The van der Waals surface area contributed by atoms with E-state index in [0.29, 0.717) is 12.4 Å². The molecule has 0 aliphatic carbocycles. The fourth-order valence-electron chi connectivity index (χ4n) is 1.60. The summed E-state index contributed by atoms with van der Waals surface area (Å²) in [5, 5.41) is 16.7. The van der Waals surface area contributed by atoms with Crippen molar-refractivity contribution >= 4 is 18.1 Å². The number of rotatable bonds is 4. The molecule has 1 heterocycles. The molecule has 1 aromatic heterocycles. The van der Waals surface area contributed by atoms with E-state index in [-0.39, 0.29) is 18.2 Å². The lowest BCUT2D eigenvalue weighted by Gasteiger charge is -2.05. The lowest BCUT2D eigenvalue weighted by Crippen LogP contribution is -1.99. The second-order valence-corrected chi connectivity index (χ2v) is 3.75. The number of halogens is 1. The third kappa shape index (κ3) is 3.30. The highest BCUT2D eigenvalue weighted by Crippen LogP contribution is 2.22. The van der Waals surface area contributed by atoms with Gasteiger partial charge in [-0.15, -0.1) is 17.5 Å². The van der Waals surface area contributed by atoms with Crippen LogP contribution in [0.2, 0.25) is 0 Å². The van der Waals surface area contributed by atoms with E-state index < -0.39 is 0 Å². The van der Waals surface area contributed by atoms with E-state index in [0.717, 1.165) is 11.3 Å². The molecule has 5 nitrogen and oxygen atoms in total. The number of hydrogen-bond donors (Lipinski definition) is 2. The molecule has 0 atom stereocenters. The molecule has 0 aliphatic heterocycles. The van der Waals surface area contributed by atoms with Gasteiger partial charge in [0.15, 0.2) is 0 Å². The van der Waals surface area contributed by atoms with E-state index in [1.165, 1.54) is 0 Å². The normalized spacial score (nSPS) is 9.67. The zero-order chi connectivity index (χ0) is 12.3. The number of phenols is 1. The number of phenolic OH excluding ortho intramolecular Hbond substituents is 1. The molecule has 98 valence electrons. The molecule has 6 heteroatoms. The molecular weight excluding hydrogens is 254 g/mol. The van der Waals surface area contributed by atoms with Crippen molar-refractivity contribution in [3.63, 3.8) is 0 Å². The first-order valence-corrected chi connectivity index (χ1v) is 5.28. The molecule has 18 heavy (non-hydrogen) atoms. The van der Waals surface area contributed by atoms with Gasteiger partial charge in [-0.1, -0.05) is 12.1 Å². The molecule has 0 bridgehead atoms. The van der Waals surface area contributed by atoms with E-state index in [1.807, 2.05) is 25.4 Å². The van der Waals surface area contributed by atoms with Crippen molar-refractivity contribution in [2.24, 2.45) is 7.05 Å². The van der Waals surface area contributed by atoms with Gasteiger partial charge in [0.2, 0.25) is 0 Å². The van der Waals surface area contributed by atoms with Crippen LogP contribution in [0.4, 0.5) is 5.69 Å². The highest BCUT2D eigenvalue weighted by molar-refractivity contribution is 5.85. The summed E-state index contributed by atoms with van der Waals surface area (Å²) in [6.07, 6.45) is 1.85. The maximum Gasteiger partial charge on any atom is 0.256 e. The zero-order valence-corrected chi connectivity index (χ0v) is 11.1. The standard InChI is InChI=1S/C12H15N3O2.ClH/c1-15-8-11(12(14-15)17-2)13-7-9-4-3-5-10(16)6-9;/h3-6,8,13,16H,7H2,1-2H3;1H. The summed E-state index contributed by atoms with van der Waals surface area (Å²) in [5.74, 6) is 0.829. The number of aryl methyl sites for hydroxylation is 1. The number of nitrogens with one attached hydrogen (secondary N) is 1. The maximum absolute atomic E-state index is 9.35. The first-order valence-electron chi connectivity index (χ1n) is 5.28. The zero-order valence-electron chi connectivity index (χ0n) is 10.3. The van der Waals surface area contributed by atoms with E-state index in [2.05, 4.69) is 10.4 Å². The van der Waals surface area contributed by atoms with Gasteiger partial charge in [0.1, 0.15) is 11.4 Å². The quantitative estimate of drug-likeness (QED) is 0.893. The second kappa shape index (κ2) is 6.16. The van der Waals surface area contributed by atoms with E-state index in [1.54, 1.807) is 23.9 Å². The van der Waals surface area contributed by atoms with Crippen LogP contribution < -0.4 is 10.1 Å². The predicted molar refractivity (Wildman–Crippen MR) is 72.4 cm³/mol. The highest BCUT2D eigenvalue weighted by atomic mass is 35.5. The molecule has 2 aromatic rings. The van der Waals surface area contributed by atoms with E-state index in [9.17, 15) is 5.11 Å². The Hall–Kier alpha value is -1.88. The number of aromatic hydroxyl groups is 1. The number of nitrogens with zero attached hydrogens (tertiary/aromatic N) is 2. The molecule has 2 N–H and O–H groups in total. The molecule has 0 unspecified atom stereocenters. The molecular formula is C12H16ClN3O2. The van der Waals surface area contributed by atoms with Crippen molar-refractivity contribution in [3.05, 3.63) is 36.0 Å². The summed E-state index contributed by atoms with van der Waals surface area (Å²) < 4.78 is 6.82. The lowest BCUT2D eigenvalue weighted by atomic mass is 10.2. The number of methoxy groups -OCH3 is 1. The van der Waals surface area contributed by atoms with Crippen LogP contribution >= 0.6 is 12.4 Å². The van der Waals surface area contributed by atoms with Crippen LogP contribution in [0.25, 0.3) is 0 Å². The molecule has 0 amide bonds. The van der Waals surface area contributed by atoms with Crippen LogP contribution in [-0.2, 0) is 13.6 Å². The van der Waals surface area contributed by atoms with Crippen molar-refractivity contribution in [2.45, 2.75) is 6.54 Å². The van der Waals surface area contributed by atoms with Crippen LogP contribution in [0, 0.1) is 0 Å². The molecule has 0 aliphatic rings. The molecule has 0 spiro atoms. The number of ether oxygens (including phenoxy) is 1. The lowest BCUT2D eigenvalue weighted by molar-refractivity contribution is 0.393. The number of aromatic nitrogens is 2. The van der Waals surface area contributed by atoms with E-state index >= 15 is 0 Å². The van der Waals surface area contributed by atoms with Crippen LogP contribution in [0.1, 0.15) is 5.56 Å². The first-order chi connectivity index (χ1) is 8.19. The van der Waals surface area contributed by atoms with E-state index in [4.69, 9.17) is 4.74 Å². The highest BCUT2D eigenvalue weighted by Gasteiger charge is 2.06. The topological polar surface area (TPSA) is 59.3 Å². The Morgan fingerprint density at radius 1 is 1.44 bits per heavy atom. The molecule has 0 fully saturated rings. The van der Waals surface area contributed by atoms with Gasteiger partial charge >= 0.3 is 0 Å². The molecule has 1 aromatic carbocycles. The Bertz CT molecular complexity index is 514. The van der Waals surface area contributed by atoms with Gasteiger partial charge in [-0.25, -0.2) is 0 Å². The summed E-state index contributed by atoms with van der Waals surface area (Å²) in [4.78, 5) is 0. The molecule has 0 saturated heterocycles. The minimum absolute atomic E-state index is 0. The van der Waals surface area contributed by atoms with Crippen molar-refractivity contribution in [2.75, 3.05) is 12.4 Å². The number of benzene rings is 1. The molecule has 0 saturated carbocycles. The largest absolute Gasteiger partial charge is 0.508 e. The fraction of sp³-hybridized carbons (Fsp3) is 0.250. The minimum atomic E-state index is 0. The van der Waals surface area contributed by atoms with Crippen LogP contribution in [0.3, 0.4) is 0 Å². The van der Waals surface area contributed by atoms with Gasteiger partial charge in [-0.3, -0.25) is 4.68 Å². The monoisotopic (exact) mass is 269 g/mol. The Morgan fingerprint density at radius 2 is 2.22 bits per heavy atom. The Kier molecular flexibility index (Phi) is 4.85. The molecule has 0 radical (unpaired) electrons. The smallest absolute Gasteiger partial charge is 0.256 e. The average Bonchev–Trinajstić information content (AvgIpc) is 2.67. The maximum atomic E-state index is 9.35. The Morgan fingerprint density at radius 3 is 2.89 bits per heavy atom. The van der Waals surface area contributed by atoms with Crippen LogP contribution in [0.5, 0.6) is 11.6 Å². The van der Waals surface area contributed by atoms with Crippen molar-refractivity contribution < 1.29 is 9.84 Å². The Labute approximate surface area is 112 Å². The van der Waals surface area contributed by atoms with Crippen molar-refractivity contribution in [1.29, 1.82) is 0 Å². The third-order valence-corrected chi connectivity index (χ3v) is 2.38. The van der Waals surface area contributed by atoms with Crippen LogP contribution in [0.15, 0.2) is 30.5 Å². The summed E-state index contributed by atoms with van der Waals surface area (Å²) >= 11 is 0. The predicted octanol–water partition coefficient (Wildman–Crippen LogP) is 2.17. The second-order valence-electron chi connectivity index (χ2n) is 3.75. The van der Waals surface area contributed by atoms with Crippen molar-refractivity contribution in [3.8, 4) is 11.6 Å². The summed E-state index contributed by atoms with van der Waals surface area (Å²) in [6, 6.07) is 7.12. The fourth-order valence-corrected chi connectivity index (χ4v) is 1.60. The minimum Gasteiger partial charge on any atom is -0.508 e. The first kappa shape index (κ1) is 14.2. The third-order valence-electron chi connectivity index (χ3n) is 2.38. The van der Waals surface area contributed by atoms with Gasteiger partial charge in [0, 0.05) is 13.6 Å². The summed E-state index contributed by atoms with van der Waals surface area (Å²) in [6.45, 7) is 0.608. The Balaban J connectivity index is 0.00000162. The van der Waals surface area contributed by atoms with Gasteiger partial charge in [-0.05, 0) is 17.7 Å². The number of anilines is 1. The summed E-state index contributed by atoms with van der Waals surface area (Å²) in [5.41, 5.74) is 1.83. The SMILES string of the molecule is COc1nn(C)cc1NCc1cccc(O)c1.Cl. The van der Waals surface area contributed by atoms with Crippen LogP contribution in [-0.4, -0.2) is 22.0 Å². The molecule has 2 rings (SSSR count). The van der Waals surface area contributed by atoms with Crippen molar-refractivity contribution in [1.82, 2.24) is 9.78 Å². The summed E-state index contributed by atoms with van der Waals surface area (Å²) in [7, 11) is 3.42. The van der Waals surface area contributed by atoms with Gasteiger partial charge in [0.25, 0.3) is 5.88 Å². The van der Waals surface area contributed by atoms with Gasteiger partial charge in [0.05, 0.1) is 13.3 Å². The van der Waals surface area contributed by atoms with Gasteiger partial charge in [-0.2, -0.15) is 0 Å². The van der Waals surface area contributed by atoms with Gasteiger partial charge < -0.3 is 15.2 Å². The average molecular weight is 270 g/mol. The number of hydrogen-bond acceptors (Lipinski definition) is 4.